The maximum atomic E-state index is 13.0. The molecular weight excluding hydrogens is 183 g/mol. The number of hydrogen-bond donors (Lipinski definition) is 1. The van der Waals surface area contributed by atoms with Crippen molar-refractivity contribution in [3.05, 3.63) is 29.6 Å². The molecule has 1 aromatic rings. The van der Waals surface area contributed by atoms with Gasteiger partial charge >= 0.3 is 0 Å². The summed E-state index contributed by atoms with van der Waals surface area (Å²) in [5.74, 6) is -0.441. The van der Waals surface area contributed by atoms with Crippen molar-refractivity contribution in [3.8, 4) is 6.07 Å². The minimum Gasteiger partial charge on any atom is -0.395 e. The Balaban J connectivity index is 2.98. The molecule has 1 N–H and O–H groups in total. The molecule has 74 valence electrons. The van der Waals surface area contributed by atoms with E-state index < -0.39 is 5.82 Å². The molecule has 0 bridgehead atoms. The van der Waals surface area contributed by atoms with Gasteiger partial charge in [0.25, 0.3) is 0 Å². The van der Waals surface area contributed by atoms with Crippen molar-refractivity contribution < 1.29 is 9.50 Å². The molecule has 0 aliphatic heterocycles. The van der Waals surface area contributed by atoms with Crippen LogP contribution in [0.1, 0.15) is 5.56 Å². The summed E-state index contributed by atoms with van der Waals surface area (Å²) in [6.45, 7) is 0.406. The summed E-state index contributed by atoms with van der Waals surface area (Å²) >= 11 is 0. The Bertz CT molecular complexity index is 360. The van der Waals surface area contributed by atoms with E-state index in [2.05, 4.69) is 0 Å². The summed E-state index contributed by atoms with van der Waals surface area (Å²) in [6, 6.07) is 5.96. The first kappa shape index (κ1) is 10.5. The minimum atomic E-state index is -0.441. The van der Waals surface area contributed by atoms with Crippen LogP contribution >= 0.6 is 0 Å². The van der Waals surface area contributed by atoms with Crippen LogP contribution in [0.3, 0.4) is 0 Å². The Morgan fingerprint density at radius 2 is 2.21 bits per heavy atom. The molecule has 4 heteroatoms. The molecule has 0 aliphatic rings. The number of likely N-dealkylation sites (N-methyl/N-ethyl adjacent to an activating group) is 1. The summed E-state index contributed by atoms with van der Waals surface area (Å²) < 4.78 is 13.0. The number of nitrogens with zero attached hydrogens (tertiary/aromatic N) is 2. The highest BCUT2D eigenvalue weighted by molar-refractivity contribution is 5.51. The van der Waals surface area contributed by atoms with Crippen LogP contribution in [0.4, 0.5) is 10.1 Å². The van der Waals surface area contributed by atoms with Crippen LogP contribution in [0, 0.1) is 17.1 Å². The molecule has 0 radical (unpaired) electrons. The molecule has 1 aromatic carbocycles. The topological polar surface area (TPSA) is 47.3 Å². The molecule has 14 heavy (non-hydrogen) atoms. The van der Waals surface area contributed by atoms with Gasteiger partial charge in [0.2, 0.25) is 0 Å². The zero-order chi connectivity index (χ0) is 10.6. The zero-order valence-electron chi connectivity index (χ0n) is 7.87. The van der Waals surface area contributed by atoms with Crippen LogP contribution in [0.5, 0.6) is 0 Å². The average Bonchev–Trinajstić information content (AvgIpc) is 2.17. The van der Waals surface area contributed by atoms with E-state index in [1.807, 2.05) is 6.07 Å². The third-order valence-corrected chi connectivity index (χ3v) is 1.89. The predicted octanol–water partition coefficient (Wildman–Crippen LogP) is 1.13. The molecule has 3 nitrogen and oxygen atoms in total. The van der Waals surface area contributed by atoms with Crippen molar-refractivity contribution in [2.24, 2.45) is 0 Å². The summed E-state index contributed by atoms with van der Waals surface area (Å²) in [4.78, 5) is 1.68. The second-order valence-corrected chi connectivity index (χ2v) is 2.96. The molecule has 0 atom stereocenters. The number of benzene rings is 1. The summed E-state index contributed by atoms with van der Waals surface area (Å²) in [5.41, 5.74) is 0.875. The maximum Gasteiger partial charge on any atom is 0.126 e. The molecule has 0 spiro atoms. The highest BCUT2D eigenvalue weighted by atomic mass is 19.1. The fourth-order valence-corrected chi connectivity index (χ4v) is 1.14. The van der Waals surface area contributed by atoms with Crippen LogP contribution in [0.25, 0.3) is 0 Å². The predicted molar refractivity (Wildman–Crippen MR) is 51.5 cm³/mol. The van der Waals surface area contributed by atoms with Gasteiger partial charge in [0, 0.05) is 19.3 Å². The van der Waals surface area contributed by atoms with Gasteiger partial charge in [0.15, 0.2) is 0 Å². The lowest BCUT2D eigenvalue weighted by Gasteiger charge is -2.17. The van der Waals surface area contributed by atoms with E-state index in [1.54, 1.807) is 18.0 Å². The Hall–Kier alpha value is -1.60. The van der Waals surface area contributed by atoms with Crippen LogP contribution in [0.15, 0.2) is 18.2 Å². The van der Waals surface area contributed by atoms with E-state index in [0.717, 1.165) is 0 Å². The van der Waals surface area contributed by atoms with Crippen LogP contribution < -0.4 is 4.90 Å². The van der Waals surface area contributed by atoms with Crippen LogP contribution in [0.2, 0.25) is 0 Å². The van der Waals surface area contributed by atoms with Gasteiger partial charge in [-0.15, -0.1) is 0 Å². The summed E-state index contributed by atoms with van der Waals surface area (Å²) in [6.07, 6.45) is 0. The average molecular weight is 194 g/mol. The molecule has 0 heterocycles. The van der Waals surface area contributed by atoms with Crippen LogP contribution in [-0.4, -0.2) is 25.3 Å². The second-order valence-electron chi connectivity index (χ2n) is 2.96. The summed E-state index contributed by atoms with van der Waals surface area (Å²) in [7, 11) is 1.73. The first-order valence-electron chi connectivity index (χ1n) is 4.20. The van der Waals surface area contributed by atoms with Gasteiger partial charge < -0.3 is 10.0 Å². The minimum absolute atomic E-state index is 0.00506. The third kappa shape index (κ3) is 2.44. The number of aliphatic hydroxyl groups is 1. The van der Waals surface area contributed by atoms with E-state index in [9.17, 15) is 4.39 Å². The molecule has 0 unspecified atom stereocenters. The molecule has 0 saturated carbocycles. The van der Waals surface area contributed by atoms with Crippen molar-refractivity contribution in [1.82, 2.24) is 0 Å². The number of aliphatic hydroxyl groups excluding tert-OH is 1. The Labute approximate surface area is 82.0 Å². The molecule has 0 fully saturated rings. The van der Waals surface area contributed by atoms with Gasteiger partial charge in [-0.05, 0) is 18.2 Å². The maximum absolute atomic E-state index is 13.0. The molecule has 0 amide bonds. The van der Waals surface area contributed by atoms with Gasteiger partial charge in [-0.2, -0.15) is 5.26 Å². The lowest BCUT2D eigenvalue weighted by Crippen LogP contribution is -2.21. The largest absolute Gasteiger partial charge is 0.395 e. The van der Waals surface area contributed by atoms with E-state index >= 15 is 0 Å². The summed E-state index contributed by atoms with van der Waals surface area (Å²) in [5, 5.41) is 17.3. The Morgan fingerprint density at radius 1 is 1.50 bits per heavy atom. The van der Waals surface area contributed by atoms with Crippen molar-refractivity contribution in [1.29, 1.82) is 5.26 Å². The van der Waals surface area contributed by atoms with E-state index in [0.29, 0.717) is 12.2 Å². The molecule has 1 rings (SSSR count). The smallest absolute Gasteiger partial charge is 0.126 e. The third-order valence-electron chi connectivity index (χ3n) is 1.89. The SMILES string of the molecule is CN(CCO)c1cc(F)cc(C#N)c1. The first-order chi connectivity index (χ1) is 6.67. The van der Waals surface area contributed by atoms with Gasteiger partial charge in [0.05, 0.1) is 18.2 Å². The van der Waals surface area contributed by atoms with E-state index in [-0.39, 0.29) is 12.2 Å². The molecule has 0 aliphatic carbocycles. The number of halogens is 1. The Kier molecular flexibility index (Phi) is 3.43. The zero-order valence-corrected chi connectivity index (χ0v) is 7.87. The lowest BCUT2D eigenvalue weighted by molar-refractivity contribution is 0.304. The van der Waals surface area contributed by atoms with Crippen molar-refractivity contribution in [3.63, 3.8) is 0 Å². The van der Waals surface area contributed by atoms with Gasteiger partial charge in [-0.3, -0.25) is 0 Å². The lowest BCUT2D eigenvalue weighted by atomic mass is 10.2. The standard InChI is InChI=1S/C10H11FN2O/c1-13(2-3-14)10-5-8(7-12)4-9(11)6-10/h4-6,14H,2-3H2,1H3. The second kappa shape index (κ2) is 4.58. The number of nitriles is 1. The van der Waals surface area contributed by atoms with Gasteiger partial charge in [-0.25, -0.2) is 4.39 Å². The van der Waals surface area contributed by atoms with E-state index in [4.69, 9.17) is 10.4 Å². The molecule has 0 saturated heterocycles. The van der Waals surface area contributed by atoms with Crippen molar-refractivity contribution in [2.75, 3.05) is 25.1 Å². The number of anilines is 1. The van der Waals surface area contributed by atoms with Crippen LogP contribution in [-0.2, 0) is 0 Å². The fourth-order valence-electron chi connectivity index (χ4n) is 1.14. The van der Waals surface area contributed by atoms with E-state index in [1.165, 1.54) is 12.1 Å². The normalized spacial score (nSPS) is 9.57. The van der Waals surface area contributed by atoms with Gasteiger partial charge in [-0.1, -0.05) is 0 Å². The highest BCUT2D eigenvalue weighted by Crippen LogP contribution is 2.16. The molecular formula is C10H11FN2O. The Morgan fingerprint density at radius 3 is 2.79 bits per heavy atom. The first-order valence-corrected chi connectivity index (χ1v) is 4.20. The number of hydrogen-bond acceptors (Lipinski definition) is 3. The number of rotatable bonds is 3. The fraction of sp³-hybridized carbons (Fsp3) is 0.300. The monoisotopic (exact) mass is 194 g/mol. The van der Waals surface area contributed by atoms with Gasteiger partial charge in [0.1, 0.15) is 5.82 Å². The van der Waals surface area contributed by atoms with Crippen molar-refractivity contribution >= 4 is 5.69 Å². The van der Waals surface area contributed by atoms with Crippen molar-refractivity contribution in [2.45, 2.75) is 0 Å². The highest BCUT2D eigenvalue weighted by Gasteiger charge is 2.04. The quantitative estimate of drug-likeness (QED) is 0.784. The molecule has 0 aromatic heterocycles.